The Morgan fingerprint density at radius 3 is 2.06 bits per heavy atom. The van der Waals surface area contributed by atoms with Crippen LogP contribution in [-0.4, -0.2) is 18.3 Å². The molecule has 2 rings (SSSR count). The third-order valence-electron chi connectivity index (χ3n) is 3.57. The summed E-state index contributed by atoms with van der Waals surface area (Å²) in [5.74, 6) is -0.483. The highest BCUT2D eigenvalue weighted by molar-refractivity contribution is 6.66. The van der Waals surface area contributed by atoms with Gasteiger partial charge < -0.3 is 9.31 Å². The van der Waals surface area contributed by atoms with Crippen molar-refractivity contribution in [1.29, 1.82) is 0 Å². The first-order valence-corrected chi connectivity index (χ1v) is 6.40. The molecule has 1 fully saturated rings. The molecule has 98 valence electrons. The monoisotopic (exact) mass is 290 g/mol. The van der Waals surface area contributed by atoms with Crippen LogP contribution in [0.25, 0.3) is 0 Å². The second-order valence-corrected chi connectivity index (χ2v) is 6.13. The fourth-order valence-electron chi connectivity index (χ4n) is 1.72. The van der Waals surface area contributed by atoms with E-state index in [1.54, 1.807) is 0 Å². The summed E-state index contributed by atoms with van der Waals surface area (Å²) in [4.78, 5) is 0. The number of rotatable bonds is 1. The van der Waals surface area contributed by atoms with Crippen LogP contribution in [0.5, 0.6) is 0 Å². The Bertz CT molecular complexity index is 475. The lowest BCUT2D eigenvalue weighted by molar-refractivity contribution is 0.00578. The number of hydrogen-bond acceptors (Lipinski definition) is 2. The lowest BCUT2D eigenvalue weighted by atomic mass is 9.78. The van der Waals surface area contributed by atoms with Crippen LogP contribution >= 0.6 is 23.2 Å². The lowest BCUT2D eigenvalue weighted by Gasteiger charge is -2.32. The van der Waals surface area contributed by atoms with E-state index < -0.39 is 24.1 Å². The fraction of sp³-hybridized carbons (Fsp3) is 0.500. The van der Waals surface area contributed by atoms with Gasteiger partial charge in [-0.15, -0.1) is 0 Å². The molecule has 1 aromatic carbocycles. The molecule has 1 saturated heterocycles. The molecule has 0 saturated carbocycles. The summed E-state index contributed by atoms with van der Waals surface area (Å²) in [6.07, 6.45) is 0. The number of halogens is 3. The van der Waals surface area contributed by atoms with Crippen LogP contribution in [0.2, 0.25) is 10.0 Å². The first-order chi connectivity index (χ1) is 8.16. The molecule has 0 N–H and O–H groups in total. The minimum absolute atomic E-state index is 0.134. The Balaban J connectivity index is 2.44. The van der Waals surface area contributed by atoms with Gasteiger partial charge in [-0.05, 0) is 39.8 Å². The van der Waals surface area contributed by atoms with Crippen LogP contribution in [0.1, 0.15) is 27.7 Å². The molecular weight excluding hydrogens is 277 g/mol. The van der Waals surface area contributed by atoms with Gasteiger partial charge in [0.2, 0.25) is 0 Å². The third-order valence-corrected chi connectivity index (χ3v) is 4.39. The summed E-state index contributed by atoms with van der Waals surface area (Å²) < 4.78 is 25.4. The Morgan fingerprint density at radius 1 is 1.06 bits per heavy atom. The van der Waals surface area contributed by atoms with Gasteiger partial charge in [-0.25, -0.2) is 4.39 Å². The molecule has 18 heavy (non-hydrogen) atoms. The molecule has 1 aromatic rings. The molecule has 2 nitrogen and oxygen atoms in total. The van der Waals surface area contributed by atoms with Crippen LogP contribution in [0.3, 0.4) is 0 Å². The molecule has 0 aromatic heterocycles. The van der Waals surface area contributed by atoms with Crippen LogP contribution in [-0.2, 0) is 9.31 Å². The molecule has 0 amide bonds. The Kier molecular flexibility index (Phi) is 3.44. The van der Waals surface area contributed by atoms with E-state index in [0.717, 1.165) is 0 Å². The van der Waals surface area contributed by atoms with E-state index in [2.05, 4.69) is 0 Å². The van der Waals surface area contributed by atoms with Crippen molar-refractivity contribution in [3.05, 3.63) is 28.0 Å². The van der Waals surface area contributed by atoms with Crippen molar-refractivity contribution in [2.75, 3.05) is 0 Å². The van der Waals surface area contributed by atoms with E-state index in [0.29, 0.717) is 0 Å². The molecule has 0 spiro atoms. The highest BCUT2D eigenvalue weighted by Crippen LogP contribution is 2.37. The van der Waals surface area contributed by atoms with E-state index in [4.69, 9.17) is 32.5 Å². The quantitative estimate of drug-likeness (QED) is 0.583. The highest BCUT2D eigenvalue weighted by atomic mass is 35.5. The largest absolute Gasteiger partial charge is 0.499 e. The molecule has 0 atom stereocenters. The van der Waals surface area contributed by atoms with E-state index in [-0.39, 0.29) is 15.5 Å². The van der Waals surface area contributed by atoms with Gasteiger partial charge in [0.25, 0.3) is 0 Å². The first kappa shape index (κ1) is 14.1. The maximum atomic E-state index is 13.9. The van der Waals surface area contributed by atoms with Crippen molar-refractivity contribution in [3.63, 3.8) is 0 Å². The van der Waals surface area contributed by atoms with E-state index in [9.17, 15) is 4.39 Å². The Labute approximate surface area is 117 Å². The molecule has 6 heteroatoms. The van der Waals surface area contributed by atoms with Crippen molar-refractivity contribution >= 4 is 35.8 Å². The van der Waals surface area contributed by atoms with Crippen molar-refractivity contribution in [1.82, 2.24) is 0 Å². The highest BCUT2D eigenvalue weighted by Gasteiger charge is 2.53. The molecule has 0 aliphatic carbocycles. The number of hydrogen-bond donors (Lipinski definition) is 0. The van der Waals surface area contributed by atoms with Crippen LogP contribution in [0.4, 0.5) is 4.39 Å². The maximum Gasteiger partial charge on any atom is 0.499 e. The summed E-state index contributed by atoms with van der Waals surface area (Å²) in [7, 11) is -0.846. The molecular formula is C12H14BCl2FO2. The SMILES string of the molecule is CC1(C)OB(c2c(F)ccc(Cl)c2Cl)OC1(C)C. The average molecular weight is 291 g/mol. The lowest BCUT2D eigenvalue weighted by Crippen LogP contribution is -2.41. The van der Waals surface area contributed by atoms with Crippen LogP contribution < -0.4 is 5.46 Å². The predicted octanol–water partition coefficient (Wildman–Crippen LogP) is 3.43. The normalized spacial score (nSPS) is 21.4. The summed E-state index contributed by atoms with van der Waals surface area (Å²) in [6.45, 7) is 7.57. The zero-order chi connectivity index (χ0) is 13.7. The first-order valence-electron chi connectivity index (χ1n) is 5.65. The molecule has 1 aliphatic rings. The molecule has 0 bridgehead atoms. The summed E-state index contributed by atoms with van der Waals surface area (Å²) in [5.41, 5.74) is -0.936. The van der Waals surface area contributed by atoms with Crippen LogP contribution in [0.15, 0.2) is 12.1 Å². The van der Waals surface area contributed by atoms with Gasteiger partial charge in [-0.3, -0.25) is 0 Å². The summed E-state index contributed by atoms with van der Waals surface area (Å²) in [6, 6.07) is 2.67. The van der Waals surface area contributed by atoms with Gasteiger partial charge in [-0.1, -0.05) is 23.2 Å². The third kappa shape index (κ3) is 2.16. The molecule has 1 aliphatic heterocycles. The predicted molar refractivity (Wildman–Crippen MR) is 72.1 cm³/mol. The molecule has 1 heterocycles. The summed E-state index contributed by atoms with van der Waals surface area (Å²) >= 11 is 11.9. The standard InChI is InChI=1S/C12H14BCl2FO2/c1-11(2)12(3,4)18-13(17-11)9-8(16)6-5-7(14)10(9)15/h5-6H,1-4H3. The minimum Gasteiger partial charge on any atom is -0.399 e. The van der Waals surface area contributed by atoms with E-state index in [1.165, 1.54) is 12.1 Å². The molecule has 0 radical (unpaired) electrons. The van der Waals surface area contributed by atoms with Crippen molar-refractivity contribution in [2.45, 2.75) is 38.9 Å². The van der Waals surface area contributed by atoms with Gasteiger partial charge in [0.15, 0.2) is 0 Å². The van der Waals surface area contributed by atoms with Gasteiger partial charge in [-0.2, -0.15) is 0 Å². The van der Waals surface area contributed by atoms with Gasteiger partial charge in [0, 0.05) is 5.46 Å². The van der Waals surface area contributed by atoms with Crippen LogP contribution in [0, 0.1) is 5.82 Å². The van der Waals surface area contributed by atoms with Gasteiger partial charge in [0.1, 0.15) is 5.82 Å². The van der Waals surface area contributed by atoms with Crippen molar-refractivity contribution in [2.24, 2.45) is 0 Å². The Morgan fingerprint density at radius 2 is 1.56 bits per heavy atom. The topological polar surface area (TPSA) is 18.5 Å². The zero-order valence-electron chi connectivity index (χ0n) is 10.7. The zero-order valence-corrected chi connectivity index (χ0v) is 12.2. The second kappa shape index (κ2) is 4.38. The van der Waals surface area contributed by atoms with E-state index >= 15 is 0 Å². The number of benzene rings is 1. The fourth-order valence-corrected chi connectivity index (χ4v) is 2.13. The smallest absolute Gasteiger partial charge is 0.399 e. The second-order valence-electron chi connectivity index (χ2n) is 5.35. The summed E-state index contributed by atoms with van der Waals surface area (Å²) in [5, 5.41) is 0.415. The van der Waals surface area contributed by atoms with E-state index in [1.807, 2.05) is 27.7 Å². The minimum atomic E-state index is -0.846. The average Bonchev–Trinajstić information content (AvgIpc) is 2.43. The van der Waals surface area contributed by atoms with Crippen molar-refractivity contribution in [3.8, 4) is 0 Å². The maximum absolute atomic E-state index is 13.9. The van der Waals surface area contributed by atoms with Crippen molar-refractivity contribution < 1.29 is 13.7 Å². The van der Waals surface area contributed by atoms with Gasteiger partial charge >= 0.3 is 7.12 Å². The Hall–Kier alpha value is -0.285. The molecule has 0 unspecified atom stereocenters. The van der Waals surface area contributed by atoms with Gasteiger partial charge in [0.05, 0.1) is 21.2 Å².